The number of hydroxylamine groups is 2. The van der Waals surface area contributed by atoms with E-state index in [0.29, 0.717) is 12.8 Å². The predicted molar refractivity (Wildman–Crippen MR) is 99.6 cm³/mol. The van der Waals surface area contributed by atoms with Crippen molar-refractivity contribution in [1.82, 2.24) is 9.96 Å². The van der Waals surface area contributed by atoms with E-state index in [1.54, 1.807) is 11.4 Å². The zero-order valence-corrected chi connectivity index (χ0v) is 16.4. The van der Waals surface area contributed by atoms with Crippen LogP contribution in [-0.4, -0.2) is 49.0 Å². The minimum Gasteiger partial charge on any atom is -0.459 e. The highest BCUT2D eigenvalue weighted by Gasteiger charge is 2.50. The monoisotopic (exact) mass is 422 g/mol. The number of amides is 2. The number of carbonyl (C=O) groups excluding carboxylic acids is 2. The molecule has 1 aromatic carbocycles. The molecule has 2 aliphatic rings. The van der Waals surface area contributed by atoms with E-state index in [2.05, 4.69) is 0 Å². The number of hydrogen-bond acceptors (Lipinski definition) is 7. The van der Waals surface area contributed by atoms with Crippen molar-refractivity contribution in [2.75, 3.05) is 6.54 Å². The maximum Gasteiger partial charge on any atom is 0.346 e. The zero-order valence-electron chi connectivity index (χ0n) is 14.8. The molecule has 2 aromatic rings. The Labute approximate surface area is 166 Å². The SMILES string of the molecule is O=C(OCc1ccccc1)[C@@H]1CC[C@@H]2CN1C(=O)N2OS(=O)(=O)c1cccs1. The Balaban J connectivity index is 1.42. The summed E-state index contributed by atoms with van der Waals surface area (Å²) < 4.78 is 35.2. The fourth-order valence-electron chi connectivity index (χ4n) is 3.35. The molecule has 2 aliphatic heterocycles. The van der Waals surface area contributed by atoms with Crippen LogP contribution in [0.1, 0.15) is 18.4 Å². The fraction of sp³-hybridized carbons (Fsp3) is 0.333. The molecule has 148 valence electrons. The number of urea groups is 1. The maximum atomic E-state index is 12.7. The fourth-order valence-corrected chi connectivity index (χ4v) is 5.24. The molecule has 10 heteroatoms. The second-order valence-corrected chi connectivity index (χ2v) is 9.27. The van der Waals surface area contributed by atoms with Gasteiger partial charge in [-0.2, -0.15) is 13.5 Å². The standard InChI is InChI=1S/C18H18N2O6S2/c21-17(25-12-13-5-2-1-3-6-13)15-9-8-14-11-19(15)18(22)20(14)26-28(23,24)16-7-4-10-27-16/h1-7,10,14-15H,8-9,11-12H2/t14-,15+/m1/s1. The number of carbonyl (C=O) groups is 2. The van der Waals surface area contributed by atoms with Crippen molar-refractivity contribution in [2.45, 2.75) is 35.7 Å². The first-order valence-corrected chi connectivity index (χ1v) is 11.0. The first-order chi connectivity index (χ1) is 13.5. The van der Waals surface area contributed by atoms with Crippen molar-refractivity contribution in [3.8, 4) is 0 Å². The van der Waals surface area contributed by atoms with E-state index in [9.17, 15) is 18.0 Å². The van der Waals surface area contributed by atoms with Gasteiger partial charge < -0.3 is 9.64 Å². The van der Waals surface area contributed by atoms with E-state index >= 15 is 0 Å². The molecule has 2 saturated heterocycles. The van der Waals surface area contributed by atoms with Crippen LogP contribution in [0.25, 0.3) is 0 Å². The Morgan fingerprint density at radius 1 is 1.14 bits per heavy atom. The van der Waals surface area contributed by atoms with Crippen LogP contribution < -0.4 is 0 Å². The van der Waals surface area contributed by atoms with Crippen LogP contribution in [0.4, 0.5) is 4.79 Å². The average molecular weight is 422 g/mol. The second-order valence-electron chi connectivity index (χ2n) is 6.56. The molecule has 2 bridgehead atoms. The number of rotatable bonds is 6. The third-order valence-electron chi connectivity index (χ3n) is 4.74. The molecule has 0 saturated carbocycles. The third kappa shape index (κ3) is 3.62. The molecule has 0 radical (unpaired) electrons. The summed E-state index contributed by atoms with van der Waals surface area (Å²) in [4.78, 5) is 26.5. The Hall–Kier alpha value is -2.43. The van der Waals surface area contributed by atoms with Crippen LogP contribution in [0.5, 0.6) is 0 Å². The number of thiophene rings is 1. The molecule has 0 aliphatic carbocycles. The van der Waals surface area contributed by atoms with Gasteiger partial charge in [-0.1, -0.05) is 36.4 Å². The average Bonchev–Trinajstić information content (AvgIpc) is 3.32. The van der Waals surface area contributed by atoms with Gasteiger partial charge in [-0.05, 0) is 29.9 Å². The molecular formula is C18H18N2O6S2. The lowest BCUT2D eigenvalue weighted by Crippen LogP contribution is -2.45. The topological polar surface area (TPSA) is 93.2 Å². The summed E-state index contributed by atoms with van der Waals surface area (Å²) in [6, 6.07) is 10.5. The Morgan fingerprint density at radius 2 is 1.93 bits per heavy atom. The van der Waals surface area contributed by atoms with Crippen molar-refractivity contribution < 1.29 is 27.0 Å². The number of fused-ring (bicyclic) bond motifs is 2. The van der Waals surface area contributed by atoms with Gasteiger partial charge >= 0.3 is 22.1 Å². The largest absolute Gasteiger partial charge is 0.459 e. The maximum absolute atomic E-state index is 12.7. The van der Waals surface area contributed by atoms with Crippen LogP contribution >= 0.6 is 11.3 Å². The molecule has 1 aromatic heterocycles. The van der Waals surface area contributed by atoms with Crippen molar-refractivity contribution >= 4 is 33.5 Å². The molecule has 0 unspecified atom stereocenters. The summed E-state index contributed by atoms with van der Waals surface area (Å²) >= 11 is 1.01. The summed E-state index contributed by atoms with van der Waals surface area (Å²) in [7, 11) is -4.08. The van der Waals surface area contributed by atoms with Gasteiger partial charge in [0.2, 0.25) is 0 Å². The Kier molecular flexibility index (Phi) is 5.09. The molecule has 4 rings (SSSR count). The first kappa shape index (κ1) is 18.9. The quantitative estimate of drug-likeness (QED) is 0.664. The van der Waals surface area contributed by atoms with E-state index < -0.39 is 34.2 Å². The summed E-state index contributed by atoms with van der Waals surface area (Å²) in [5, 5.41) is 2.49. The molecule has 0 spiro atoms. The summed E-state index contributed by atoms with van der Waals surface area (Å²) in [6.07, 6.45) is 0.843. The molecule has 2 atom stereocenters. The smallest absolute Gasteiger partial charge is 0.346 e. The summed E-state index contributed by atoms with van der Waals surface area (Å²) in [5.41, 5.74) is 0.851. The molecule has 2 fully saturated rings. The van der Waals surface area contributed by atoms with Crippen molar-refractivity contribution in [3.05, 3.63) is 53.4 Å². The highest BCUT2D eigenvalue weighted by atomic mass is 32.3. The predicted octanol–water partition coefficient (Wildman–Crippen LogP) is 2.38. The van der Waals surface area contributed by atoms with Crippen LogP contribution in [0, 0.1) is 0 Å². The number of ether oxygens (including phenoxy) is 1. The van der Waals surface area contributed by atoms with Crippen LogP contribution in [0.2, 0.25) is 0 Å². The normalized spacial score (nSPS) is 21.8. The summed E-state index contributed by atoms with van der Waals surface area (Å²) in [5.74, 6) is -0.501. The van der Waals surface area contributed by atoms with Crippen LogP contribution in [0.15, 0.2) is 52.1 Å². The van der Waals surface area contributed by atoms with Crippen LogP contribution in [0.3, 0.4) is 0 Å². The minimum absolute atomic E-state index is 0.0237. The number of hydrogen-bond donors (Lipinski definition) is 0. The highest BCUT2D eigenvalue weighted by Crippen LogP contribution is 2.32. The summed E-state index contributed by atoms with van der Waals surface area (Å²) in [6.45, 7) is 0.346. The lowest BCUT2D eigenvalue weighted by atomic mass is 10.0. The van der Waals surface area contributed by atoms with Gasteiger partial charge in [0.1, 0.15) is 16.9 Å². The lowest BCUT2D eigenvalue weighted by Gasteiger charge is -2.28. The number of benzene rings is 1. The molecule has 28 heavy (non-hydrogen) atoms. The lowest BCUT2D eigenvalue weighted by molar-refractivity contribution is -0.151. The van der Waals surface area contributed by atoms with Crippen molar-refractivity contribution in [2.24, 2.45) is 0 Å². The number of nitrogens with zero attached hydrogens (tertiary/aromatic N) is 2. The van der Waals surface area contributed by atoms with Crippen molar-refractivity contribution in [3.63, 3.8) is 0 Å². The van der Waals surface area contributed by atoms with Crippen LogP contribution in [-0.2, 0) is 30.5 Å². The second kappa shape index (κ2) is 7.53. The molecular weight excluding hydrogens is 404 g/mol. The van der Waals surface area contributed by atoms with Gasteiger partial charge in [0.05, 0.1) is 6.04 Å². The molecule has 0 N–H and O–H groups in total. The minimum atomic E-state index is -4.08. The first-order valence-electron chi connectivity index (χ1n) is 8.74. The molecule has 2 amide bonds. The van der Waals surface area contributed by atoms with E-state index in [4.69, 9.17) is 9.02 Å². The van der Waals surface area contributed by atoms with Gasteiger partial charge in [-0.25, -0.2) is 9.59 Å². The third-order valence-corrected chi connectivity index (χ3v) is 7.29. The number of esters is 1. The highest BCUT2D eigenvalue weighted by molar-refractivity contribution is 7.88. The van der Waals surface area contributed by atoms with E-state index in [-0.39, 0.29) is 17.4 Å². The zero-order chi connectivity index (χ0) is 19.7. The number of piperidine rings is 1. The van der Waals surface area contributed by atoms with Gasteiger partial charge in [-0.15, -0.1) is 15.6 Å². The van der Waals surface area contributed by atoms with E-state index in [1.165, 1.54) is 11.0 Å². The van der Waals surface area contributed by atoms with Gasteiger partial charge in [0, 0.05) is 6.54 Å². The molecule has 3 heterocycles. The molecule has 8 nitrogen and oxygen atoms in total. The Bertz CT molecular complexity index is 961. The van der Waals surface area contributed by atoms with Gasteiger partial charge in [0.25, 0.3) is 0 Å². The Morgan fingerprint density at radius 3 is 2.64 bits per heavy atom. The van der Waals surface area contributed by atoms with Gasteiger partial charge in [0.15, 0.2) is 0 Å². The van der Waals surface area contributed by atoms with Gasteiger partial charge in [-0.3, -0.25) is 0 Å². The van der Waals surface area contributed by atoms with Crippen molar-refractivity contribution in [1.29, 1.82) is 0 Å². The van der Waals surface area contributed by atoms with E-state index in [0.717, 1.165) is 22.0 Å². The van der Waals surface area contributed by atoms with E-state index in [1.807, 2.05) is 30.3 Å².